The van der Waals surface area contributed by atoms with E-state index in [1.165, 1.54) is 11.6 Å². The van der Waals surface area contributed by atoms with Crippen LogP contribution in [0.1, 0.15) is 30.4 Å². The molecule has 2 N–H and O–H groups in total. The Kier molecular flexibility index (Phi) is 3.43. The number of rotatable bonds is 3. The summed E-state index contributed by atoms with van der Waals surface area (Å²) in [5, 5.41) is 0. The summed E-state index contributed by atoms with van der Waals surface area (Å²) in [5.41, 5.74) is 7.69. The molecule has 0 bridgehead atoms. The summed E-state index contributed by atoms with van der Waals surface area (Å²) >= 11 is 0. The van der Waals surface area contributed by atoms with Crippen LogP contribution in [0, 0.1) is 12.7 Å². The molecule has 1 aromatic rings. The zero-order chi connectivity index (χ0) is 9.84. The van der Waals surface area contributed by atoms with Crippen LogP contribution in [0.2, 0.25) is 0 Å². The molecule has 1 nitrogen and oxygen atoms in total. The molecule has 0 aromatic heterocycles. The van der Waals surface area contributed by atoms with E-state index in [-0.39, 0.29) is 5.82 Å². The van der Waals surface area contributed by atoms with Gasteiger partial charge in [-0.2, -0.15) is 0 Å². The standard InChI is InChI=1S/C11H16FN/c1-8(5-6-13)11-4-3-10(12)7-9(11)2/h3-4,7-8H,5-6,13H2,1-2H3. The minimum atomic E-state index is -0.166. The van der Waals surface area contributed by atoms with Crippen LogP contribution in [0.3, 0.4) is 0 Å². The molecule has 0 amide bonds. The topological polar surface area (TPSA) is 26.0 Å². The smallest absolute Gasteiger partial charge is 0.123 e. The molecule has 0 saturated carbocycles. The Labute approximate surface area is 78.8 Å². The normalized spacial score (nSPS) is 12.9. The first-order chi connectivity index (χ1) is 6.15. The third kappa shape index (κ3) is 2.52. The number of nitrogens with two attached hydrogens (primary N) is 1. The molecule has 2 heteroatoms. The summed E-state index contributed by atoms with van der Waals surface area (Å²) in [5.74, 6) is 0.256. The zero-order valence-corrected chi connectivity index (χ0v) is 8.18. The lowest BCUT2D eigenvalue weighted by Crippen LogP contribution is -2.05. The molecule has 0 aliphatic heterocycles. The van der Waals surface area contributed by atoms with Crippen molar-refractivity contribution in [2.45, 2.75) is 26.2 Å². The van der Waals surface area contributed by atoms with Crippen molar-refractivity contribution in [2.24, 2.45) is 5.73 Å². The largest absolute Gasteiger partial charge is 0.330 e. The van der Waals surface area contributed by atoms with Gasteiger partial charge in [-0.15, -0.1) is 0 Å². The molecule has 0 fully saturated rings. The van der Waals surface area contributed by atoms with Gasteiger partial charge in [-0.05, 0) is 49.1 Å². The number of hydrogen-bond donors (Lipinski definition) is 1. The predicted octanol–water partition coefficient (Wildman–Crippen LogP) is 2.59. The molecular weight excluding hydrogens is 165 g/mol. The van der Waals surface area contributed by atoms with Gasteiger partial charge in [0.05, 0.1) is 0 Å². The highest BCUT2D eigenvalue weighted by Gasteiger charge is 2.07. The van der Waals surface area contributed by atoms with Gasteiger partial charge in [0.2, 0.25) is 0 Å². The lowest BCUT2D eigenvalue weighted by atomic mass is 9.94. The third-order valence-corrected chi connectivity index (χ3v) is 2.36. The second-order valence-corrected chi connectivity index (χ2v) is 3.48. The number of halogens is 1. The molecule has 13 heavy (non-hydrogen) atoms. The fourth-order valence-corrected chi connectivity index (χ4v) is 1.60. The van der Waals surface area contributed by atoms with Crippen molar-refractivity contribution in [3.05, 3.63) is 35.1 Å². The first-order valence-electron chi connectivity index (χ1n) is 4.61. The van der Waals surface area contributed by atoms with Crippen LogP contribution >= 0.6 is 0 Å². The zero-order valence-electron chi connectivity index (χ0n) is 8.18. The van der Waals surface area contributed by atoms with Gasteiger partial charge >= 0.3 is 0 Å². The maximum absolute atomic E-state index is 12.8. The van der Waals surface area contributed by atoms with Crippen molar-refractivity contribution in [3.8, 4) is 0 Å². The maximum Gasteiger partial charge on any atom is 0.123 e. The van der Waals surface area contributed by atoms with Crippen molar-refractivity contribution >= 4 is 0 Å². The van der Waals surface area contributed by atoms with E-state index in [4.69, 9.17) is 5.73 Å². The molecule has 72 valence electrons. The first kappa shape index (κ1) is 10.2. The number of aryl methyl sites for hydroxylation is 1. The summed E-state index contributed by atoms with van der Waals surface area (Å²) in [4.78, 5) is 0. The van der Waals surface area contributed by atoms with E-state index in [0.717, 1.165) is 12.0 Å². The van der Waals surface area contributed by atoms with Crippen molar-refractivity contribution < 1.29 is 4.39 Å². The highest BCUT2D eigenvalue weighted by Crippen LogP contribution is 2.22. The monoisotopic (exact) mass is 181 g/mol. The van der Waals surface area contributed by atoms with Gasteiger partial charge in [0.15, 0.2) is 0 Å². The van der Waals surface area contributed by atoms with E-state index >= 15 is 0 Å². The summed E-state index contributed by atoms with van der Waals surface area (Å²) in [6.45, 7) is 4.73. The number of benzene rings is 1. The van der Waals surface area contributed by atoms with Crippen LogP contribution in [0.15, 0.2) is 18.2 Å². The quantitative estimate of drug-likeness (QED) is 0.762. The van der Waals surface area contributed by atoms with Gasteiger partial charge in [0.25, 0.3) is 0 Å². The van der Waals surface area contributed by atoms with E-state index in [2.05, 4.69) is 6.92 Å². The Bertz CT molecular complexity index is 283. The Hall–Kier alpha value is -0.890. The van der Waals surface area contributed by atoms with Gasteiger partial charge in [-0.1, -0.05) is 13.0 Å². The SMILES string of the molecule is Cc1cc(F)ccc1C(C)CCN. The molecule has 0 heterocycles. The molecule has 1 unspecified atom stereocenters. The van der Waals surface area contributed by atoms with E-state index in [1.54, 1.807) is 6.07 Å². The third-order valence-electron chi connectivity index (χ3n) is 2.36. The lowest BCUT2D eigenvalue weighted by molar-refractivity contribution is 0.621. The van der Waals surface area contributed by atoms with Crippen LogP contribution in [0.4, 0.5) is 4.39 Å². The van der Waals surface area contributed by atoms with E-state index in [0.29, 0.717) is 12.5 Å². The summed E-state index contributed by atoms with van der Waals surface area (Å²) in [6, 6.07) is 4.93. The van der Waals surface area contributed by atoms with E-state index < -0.39 is 0 Å². The second-order valence-electron chi connectivity index (χ2n) is 3.48. The molecule has 1 aromatic carbocycles. The maximum atomic E-state index is 12.8. The Morgan fingerprint density at radius 3 is 2.69 bits per heavy atom. The highest BCUT2D eigenvalue weighted by atomic mass is 19.1. The van der Waals surface area contributed by atoms with Crippen molar-refractivity contribution in [1.29, 1.82) is 0 Å². The van der Waals surface area contributed by atoms with E-state index in [9.17, 15) is 4.39 Å². The fourth-order valence-electron chi connectivity index (χ4n) is 1.60. The van der Waals surface area contributed by atoms with Gasteiger partial charge in [0, 0.05) is 0 Å². The van der Waals surface area contributed by atoms with Crippen LogP contribution in [0.25, 0.3) is 0 Å². The minimum Gasteiger partial charge on any atom is -0.330 e. The Morgan fingerprint density at radius 2 is 2.15 bits per heavy atom. The van der Waals surface area contributed by atoms with Gasteiger partial charge in [-0.25, -0.2) is 4.39 Å². The minimum absolute atomic E-state index is 0.166. The highest BCUT2D eigenvalue weighted by molar-refractivity contribution is 5.29. The number of hydrogen-bond acceptors (Lipinski definition) is 1. The van der Waals surface area contributed by atoms with Crippen molar-refractivity contribution in [3.63, 3.8) is 0 Å². The first-order valence-corrected chi connectivity index (χ1v) is 4.61. The lowest BCUT2D eigenvalue weighted by Gasteiger charge is -2.13. The summed E-state index contributed by atoms with van der Waals surface area (Å²) in [7, 11) is 0. The molecule has 0 radical (unpaired) electrons. The molecule has 0 aliphatic carbocycles. The Morgan fingerprint density at radius 1 is 1.46 bits per heavy atom. The fraction of sp³-hybridized carbons (Fsp3) is 0.455. The molecular formula is C11H16FN. The van der Waals surface area contributed by atoms with Crippen LogP contribution in [-0.2, 0) is 0 Å². The van der Waals surface area contributed by atoms with Crippen molar-refractivity contribution in [2.75, 3.05) is 6.54 Å². The average Bonchev–Trinajstić information content (AvgIpc) is 2.04. The molecule has 1 rings (SSSR count). The van der Waals surface area contributed by atoms with Gasteiger partial charge in [0.1, 0.15) is 5.82 Å². The van der Waals surface area contributed by atoms with Crippen LogP contribution in [-0.4, -0.2) is 6.54 Å². The predicted molar refractivity (Wildman–Crippen MR) is 53.2 cm³/mol. The van der Waals surface area contributed by atoms with Crippen molar-refractivity contribution in [1.82, 2.24) is 0 Å². The molecule has 0 spiro atoms. The molecule has 0 aliphatic rings. The molecule has 0 saturated heterocycles. The van der Waals surface area contributed by atoms with Crippen LogP contribution < -0.4 is 5.73 Å². The van der Waals surface area contributed by atoms with Gasteiger partial charge in [-0.3, -0.25) is 0 Å². The Balaban J connectivity index is 2.88. The summed E-state index contributed by atoms with van der Waals surface area (Å²) in [6.07, 6.45) is 0.951. The second kappa shape index (κ2) is 4.38. The van der Waals surface area contributed by atoms with E-state index in [1.807, 2.05) is 13.0 Å². The van der Waals surface area contributed by atoms with Crippen LogP contribution in [0.5, 0.6) is 0 Å². The average molecular weight is 181 g/mol. The summed E-state index contributed by atoms with van der Waals surface area (Å²) < 4.78 is 12.8. The van der Waals surface area contributed by atoms with Gasteiger partial charge < -0.3 is 5.73 Å². The molecule has 1 atom stereocenters.